The number of ether oxygens (including phenoxy) is 2. The Labute approximate surface area is 93.1 Å². The lowest BCUT2D eigenvalue weighted by Crippen LogP contribution is -2.09. The van der Waals surface area contributed by atoms with Crippen LogP contribution in [0.15, 0.2) is 12.2 Å². The third kappa shape index (κ3) is 11.5. The summed E-state index contributed by atoms with van der Waals surface area (Å²) >= 11 is 0. The van der Waals surface area contributed by atoms with Gasteiger partial charge >= 0.3 is 0 Å². The van der Waals surface area contributed by atoms with Crippen molar-refractivity contribution in [2.45, 2.75) is 45.8 Å². The van der Waals surface area contributed by atoms with Crippen molar-refractivity contribution >= 4 is 0 Å². The Morgan fingerprint density at radius 2 is 1.80 bits per heavy atom. The maximum absolute atomic E-state index is 9.31. The Kier molecular flexibility index (Phi) is 11.4. The van der Waals surface area contributed by atoms with Crippen LogP contribution in [-0.2, 0) is 9.47 Å². The van der Waals surface area contributed by atoms with Crippen LogP contribution in [0.4, 0.5) is 0 Å². The third-order valence-electron chi connectivity index (χ3n) is 1.94. The van der Waals surface area contributed by atoms with Crippen LogP contribution in [0.25, 0.3) is 0 Å². The predicted molar refractivity (Wildman–Crippen MR) is 61.7 cm³/mol. The summed E-state index contributed by atoms with van der Waals surface area (Å²) in [5.74, 6) is 0. The molecule has 0 aliphatic heterocycles. The molecule has 0 saturated heterocycles. The lowest BCUT2D eigenvalue weighted by Gasteiger charge is -2.06. The molecule has 0 aliphatic rings. The number of hydrogen-bond donors (Lipinski definition) is 1. The molecule has 0 aromatic carbocycles. The largest absolute Gasteiger partial charge is 0.377 e. The number of aliphatic hydroxyl groups excluding tert-OH is 1. The van der Waals surface area contributed by atoms with Crippen LogP contribution in [0.1, 0.15) is 39.5 Å². The summed E-state index contributed by atoms with van der Waals surface area (Å²) in [5.41, 5.74) is 0. The molecule has 0 saturated carbocycles. The zero-order chi connectivity index (χ0) is 11.4. The van der Waals surface area contributed by atoms with Gasteiger partial charge in [0.25, 0.3) is 0 Å². The van der Waals surface area contributed by atoms with Gasteiger partial charge in [0, 0.05) is 6.61 Å². The molecule has 3 heteroatoms. The molecule has 0 bridgehead atoms. The fourth-order valence-electron chi connectivity index (χ4n) is 0.974. The highest BCUT2D eigenvalue weighted by atomic mass is 16.6. The van der Waals surface area contributed by atoms with Gasteiger partial charge in [-0.25, -0.2) is 0 Å². The van der Waals surface area contributed by atoms with E-state index >= 15 is 0 Å². The summed E-state index contributed by atoms with van der Waals surface area (Å²) in [6.07, 6.45) is 6.93. The van der Waals surface area contributed by atoms with Crippen LogP contribution in [0, 0.1) is 0 Å². The van der Waals surface area contributed by atoms with Crippen LogP contribution in [0.3, 0.4) is 0 Å². The Morgan fingerprint density at radius 1 is 1.13 bits per heavy atom. The van der Waals surface area contributed by atoms with Gasteiger partial charge in [-0.3, -0.25) is 0 Å². The Morgan fingerprint density at radius 3 is 2.47 bits per heavy atom. The molecule has 0 fully saturated rings. The Bertz CT molecular complexity index is 146. The number of unbranched alkanes of at least 4 members (excludes halogenated alkanes) is 2. The quantitative estimate of drug-likeness (QED) is 0.346. The van der Waals surface area contributed by atoms with Gasteiger partial charge in [-0.05, 0) is 18.9 Å². The summed E-state index contributed by atoms with van der Waals surface area (Å²) in [6.45, 7) is 6.16. The average Bonchev–Trinajstić information content (AvgIpc) is 2.23. The molecule has 0 amide bonds. The zero-order valence-corrected chi connectivity index (χ0v) is 9.95. The number of aliphatic hydroxyl groups is 1. The van der Waals surface area contributed by atoms with Crippen molar-refractivity contribution in [2.75, 3.05) is 19.8 Å². The first-order chi connectivity index (χ1) is 7.31. The molecule has 1 unspecified atom stereocenters. The first-order valence-corrected chi connectivity index (χ1v) is 5.85. The highest BCUT2D eigenvalue weighted by molar-refractivity contribution is 4.84. The number of rotatable bonds is 10. The minimum absolute atomic E-state index is 0.550. The molecule has 0 radical (unpaired) electrons. The lowest BCUT2D eigenvalue weighted by atomic mass is 10.3. The van der Waals surface area contributed by atoms with Gasteiger partial charge in [-0.15, -0.1) is 0 Å². The highest BCUT2D eigenvalue weighted by Crippen LogP contribution is 1.95. The summed E-state index contributed by atoms with van der Waals surface area (Å²) in [6, 6.07) is 0. The van der Waals surface area contributed by atoms with Crippen molar-refractivity contribution in [1.29, 1.82) is 0 Å². The van der Waals surface area contributed by atoms with Crippen molar-refractivity contribution in [3.05, 3.63) is 12.2 Å². The van der Waals surface area contributed by atoms with Crippen molar-refractivity contribution in [3.63, 3.8) is 0 Å². The van der Waals surface area contributed by atoms with Gasteiger partial charge in [-0.2, -0.15) is 0 Å². The van der Waals surface area contributed by atoms with E-state index < -0.39 is 6.29 Å². The molecule has 0 heterocycles. The van der Waals surface area contributed by atoms with Crippen LogP contribution in [-0.4, -0.2) is 31.2 Å². The molecule has 1 N–H and O–H groups in total. The van der Waals surface area contributed by atoms with E-state index in [1.165, 1.54) is 0 Å². The van der Waals surface area contributed by atoms with Gasteiger partial charge in [0.15, 0.2) is 6.29 Å². The average molecular weight is 216 g/mol. The van der Waals surface area contributed by atoms with E-state index in [0.29, 0.717) is 13.2 Å². The highest BCUT2D eigenvalue weighted by Gasteiger charge is 1.96. The van der Waals surface area contributed by atoms with E-state index in [2.05, 4.69) is 13.8 Å². The maximum Gasteiger partial charge on any atom is 0.174 e. The minimum atomic E-state index is -0.786. The first-order valence-electron chi connectivity index (χ1n) is 5.85. The molecule has 0 aromatic rings. The maximum atomic E-state index is 9.31. The molecule has 3 nitrogen and oxygen atoms in total. The summed E-state index contributed by atoms with van der Waals surface area (Å²) < 4.78 is 10.4. The second kappa shape index (κ2) is 11.7. The standard InChI is InChI=1S/C12H24O3/c1-3-5-9-14-10-7-8-12(13)15-11-6-4-2/h7-8,12-13H,3-6,9-11H2,1-2H3. The summed E-state index contributed by atoms with van der Waals surface area (Å²) in [4.78, 5) is 0. The molecule has 0 aliphatic carbocycles. The van der Waals surface area contributed by atoms with E-state index in [1.807, 2.05) is 0 Å². The van der Waals surface area contributed by atoms with Gasteiger partial charge in [0.05, 0.1) is 13.2 Å². The fraction of sp³-hybridized carbons (Fsp3) is 0.833. The Balaban J connectivity index is 3.25. The van der Waals surface area contributed by atoms with Crippen LogP contribution >= 0.6 is 0 Å². The predicted octanol–water partition coefficient (Wildman–Crippen LogP) is 2.49. The second-order valence-electron chi connectivity index (χ2n) is 3.47. The molecule has 0 spiro atoms. The van der Waals surface area contributed by atoms with E-state index in [4.69, 9.17) is 9.47 Å². The lowest BCUT2D eigenvalue weighted by molar-refractivity contribution is -0.0651. The van der Waals surface area contributed by atoms with Gasteiger partial charge < -0.3 is 14.6 Å². The van der Waals surface area contributed by atoms with Crippen LogP contribution in [0.2, 0.25) is 0 Å². The minimum Gasteiger partial charge on any atom is -0.377 e. The van der Waals surface area contributed by atoms with E-state index in [0.717, 1.165) is 32.3 Å². The number of hydrogen-bond acceptors (Lipinski definition) is 3. The molecule has 15 heavy (non-hydrogen) atoms. The monoisotopic (exact) mass is 216 g/mol. The summed E-state index contributed by atoms with van der Waals surface area (Å²) in [7, 11) is 0. The van der Waals surface area contributed by atoms with E-state index in [-0.39, 0.29) is 0 Å². The third-order valence-corrected chi connectivity index (χ3v) is 1.94. The normalized spacial score (nSPS) is 13.5. The summed E-state index contributed by atoms with van der Waals surface area (Å²) in [5, 5.41) is 9.31. The first kappa shape index (κ1) is 14.6. The molecule has 0 rings (SSSR count). The fourth-order valence-corrected chi connectivity index (χ4v) is 0.974. The SMILES string of the molecule is CCCCOCC=CC(O)OCCCC. The van der Waals surface area contributed by atoms with Crippen molar-refractivity contribution in [1.82, 2.24) is 0 Å². The van der Waals surface area contributed by atoms with Crippen molar-refractivity contribution in [2.24, 2.45) is 0 Å². The van der Waals surface area contributed by atoms with Gasteiger partial charge in [0.1, 0.15) is 0 Å². The van der Waals surface area contributed by atoms with Gasteiger partial charge in [0.2, 0.25) is 0 Å². The van der Waals surface area contributed by atoms with E-state index in [1.54, 1.807) is 12.2 Å². The van der Waals surface area contributed by atoms with Gasteiger partial charge in [-0.1, -0.05) is 32.8 Å². The van der Waals surface area contributed by atoms with Crippen molar-refractivity contribution in [3.8, 4) is 0 Å². The molecular weight excluding hydrogens is 192 g/mol. The Hall–Kier alpha value is -0.380. The topological polar surface area (TPSA) is 38.7 Å². The molecule has 90 valence electrons. The molecule has 1 atom stereocenters. The van der Waals surface area contributed by atoms with Crippen molar-refractivity contribution < 1.29 is 14.6 Å². The zero-order valence-electron chi connectivity index (χ0n) is 9.95. The van der Waals surface area contributed by atoms with Crippen LogP contribution in [0.5, 0.6) is 0 Å². The molecular formula is C12H24O3. The van der Waals surface area contributed by atoms with Crippen LogP contribution < -0.4 is 0 Å². The second-order valence-corrected chi connectivity index (χ2v) is 3.47. The smallest absolute Gasteiger partial charge is 0.174 e. The van der Waals surface area contributed by atoms with E-state index in [9.17, 15) is 5.11 Å². The molecule has 0 aromatic heterocycles.